The van der Waals surface area contributed by atoms with E-state index < -0.39 is 10.0 Å². The number of carbonyl (C=O) groups excluding carboxylic acids is 2. The Hall–Kier alpha value is -3.60. The Morgan fingerprint density at radius 3 is 2.42 bits per heavy atom. The summed E-state index contributed by atoms with van der Waals surface area (Å²) in [4.78, 5) is 27.4. The highest BCUT2D eigenvalue weighted by Gasteiger charge is 2.28. The van der Waals surface area contributed by atoms with Gasteiger partial charge < -0.3 is 19.7 Å². The van der Waals surface area contributed by atoms with Crippen LogP contribution in [0.5, 0.6) is 11.5 Å². The van der Waals surface area contributed by atoms with Gasteiger partial charge in [0.15, 0.2) is 6.61 Å². The third kappa shape index (κ3) is 6.41. The third-order valence-corrected chi connectivity index (χ3v) is 9.00. The lowest BCUT2D eigenvalue weighted by Crippen LogP contribution is -2.39. The predicted octanol–water partition coefficient (Wildman–Crippen LogP) is 4.96. The van der Waals surface area contributed by atoms with Crippen LogP contribution in [0.4, 0.5) is 11.4 Å². The summed E-state index contributed by atoms with van der Waals surface area (Å²) in [5.41, 5.74) is 1.40. The number of sulfonamides is 1. The molecule has 0 radical (unpaired) electrons. The number of nitrogens with zero attached hydrogens (tertiary/aromatic N) is 2. The van der Waals surface area contributed by atoms with Crippen molar-refractivity contribution in [2.24, 2.45) is 0 Å². The number of amides is 2. The molecule has 2 heterocycles. The lowest BCUT2D eigenvalue weighted by molar-refractivity contribution is -0.121. The number of hydrogen-bond donors (Lipinski definition) is 1. The van der Waals surface area contributed by atoms with Crippen molar-refractivity contribution in [1.29, 1.82) is 0 Å². The van der Waals surface area contributed by atoms with Gasteiger partial charge in [0.1, 0.15) is 11.5 Å². The summed E-state index contributed by atoms with van der Waals surface area (Å²) in [6.45, 7) is 1.96. The van der Waals surface area contributed by atoms with E-state index in [1.807, 2.05) is 12.1 Å². The van der Waals surface area contributed by atoms with Gasteiger partial charge in [0.25, 0.3) is 11.8 Å². The number of halogens is 1. The molecule has 9 nitrogen and oxygen atoms in total. The summed E-state index contributed by atoms with van der Waals surface area (Å²) in [6, 6.07) is 18.2. The molecule has 0 atom stereocenters. The van der Waals surface area contributed by atoms with E-state index >= 15 is 0 Å². The van der Waals surface area contributed by atoms with Gasteiger partial charge in [-0.1, -0.05) is 11.6 Å². The number of hydrogen-bond acceptors (Lipinski definition) is 6. The Bertz CT molecular complexity index is 1470. The average Bonchev–Trinajstić information content (AvgIpc) is 3.51. The standard InChI is InChI=1S/C29H30ClN3O6S/c30-22-7-10-24(11-8-22)38-18-4-3-17-33-26-19-23(9-14-27(26)39-20-28(33)34)31-29(35)21-5-12-25(13-6-21)40(36,37)32-15-1-2-16-32/h5-14,19H,1-4,15-18,20H2,(H,31,35). The monoisotopic (exact) mass is 583 g/mol. The first-order valence-corrected chi connectivity index (χ1v) is 15.0. The van der Waals surface area contributed by atoms with Crippen LogP contribution in [0.2, 0.25) is 5.02 Å². The number of anilines is 2. The molecule has 0 unspecified atom stereocenters. The molecule has 1 fully saturated rings. The SMILES string of the molecule is O=C(Nc1ccc2c(c1)N(CCCCOc1ccc(Cl)cc1)C(=O)CO2)c1ccc(S(=O)(=O)N2CCCC2)cc1. The predicted molar refractivity (Wildman–Crippen MR) is 153 cm³/mol. The van der Waals surface area contributed by atoms with Gasteiger partial charge >= 0.3 is 0 Å². The summed E-state index contributed by atoms with van der Waals surface area (Å²) in [7, 11) is -3.55. The first kappa shape index (κ1) is 27.9. The molecule has 3 aromatic carbocycles. The van der Waals surface area contributed by atoms with E-state index in [-0.39, 0.29) is 23.3 Å². The molecule has 0 aliphatic carbocycles. The molecule has 11 heteroatoms. The molecule has 1 saturated heterocycles. The fraction of sp³-hybridized carbons (Fsp3) is 0.310. The molecule has 2 amide bonds. The van der Waals surface area contributed by atoms with Crippen LogP contribution in [0.25, 0.3) is 0 Å². The normalized spacial score (nSPS) is 15.4. The first-order valence-electron chi connectivity index (χ1n) is 13.2. The van der Waals surface area contributed by atoms with E-state index in [1.54, 1.807) is 35.2 Å². The lowest BCUT2D eigenvalue weighted by atomic mass is 10.1. The molecule has 2 aliphatic heterocycles. The maximum Gasteiger partial charge on any atom is 0.265 e. The lowest BCUT2D eigenvalue weighted by Gasteiger charge is -2.30. The number of fused-ring (bicyclic) bond motifs is 1. The highest BCUT2D eigenvalue weighted by molar-refractivity contribution is 7.89. The quantitative estimate of drug-likeness (QED) is 0.338. The molecule has 1 N–H and O–H groups in total. The molecule has 0 spiro atoms. The minimum atomic E-state index is -3.55. The number of nitrogens with one attached hydrogen (secondary N) is 1. The molecule has 0 bridgehead atoms. The minimum Gasteiger partial charge on any atom is -0.494 e. The summed E-state index contributed by atoms with van der Waals surface area (Å²) in [5.74, 6) is 0.746. The fourth-order valence-electron chi connectivity index (χ4n) is 4.68. The number of benzene rings is 3. The largest absolute Gasteiger partial charge is 0.494 e. The smallest absolute Gasteiger partial charge is 0.265 e. The Labute approximate surface area is 238 Å². The second kappa shape index (κ2) is 12.3. The van der Waals surface area contributed by atoms with Gasteiger partial charge in [-0.3, -0.25) is 9.59 Å². The van der Waals surface area contributed by atoms with Crippen LogP contribution in [0.1, 0.15) is 36.0 Å². The maximum atomic E-state index is 12.9. The zero-order valence-electron chi connectivity index (χ0n) is 21.8. The second-order valence-electron chi connectivity index (χ2n) is 9.62. The van der Waals surface area contributed by atoms with E-state index in [4.69, 9.17) is 21.1 Å². The molecule has 5 rings (SSSR count). The van der Waals surface area contributed by atoms with Crippen LogP contribution >= 0.6 is 11.6 Å². The summed E-state index contributed by atoms with van der Waals surface area (Å²) in [5, 5.41) is 3.48. The first-order chi connectivity index (χ1) is 19.3. The van der Waals surface area contributed by atoms with Crippen LogP contribution < -0.4 is 19.7 Å². The van der Waals surface area contributed by atoms with Crippen LogP contribution in [0.15, 0.2) is 71.6 Å². The molecule has 210 valence electrons. The minimum absolute atomic E-state index is 0.0489. The van der Waals surface area contributed by atoms with Gasteiger partial charge in [-0.15, -0.1) is 0 Å². The van der Waals surface area contributed by atoms with Crippen molar-refractivity contribution in [3.63, 3.8) is 0 Å². The number of carbonyl (C=O) groups is 2. The third-order valence-electron chi connectivity index (χ3n) is 6.84. The van der Waals surface area contributed by atoms with Gasteiger partial charge in [0, 0.05) is 35.9 Å². The van der Waals surface area contributed by atoms with Crippen molar-refractivity contribution < 1.29 is 27.5 Å². The van der Waals surface area contributed by atoms with Gasteiger partial charge in [0.05, 0.1) is 17.2 Å². The molecule has 40 heavy (non-hydrogen) atoms. The van der Waals surface area contributed by atoms with Crippen molar-refractivity contribution in [1.82, 2.24) is 4.31 Å². The molecular weight excluding hydrogens is 554 g/mol. The molecule has 2 aliphatic rings. The number of rotatable bonds is 10. The van der Waals surface area contributed by atoms with Crippen molar-refractivity contribution in [3.8, 4) is 11.5 Å². The van der Waals surface area contributed by atoms with Crippen LogP contribution in [0, 0.1) is 0 Å². The number of ether oxygens (including phenoxy) is 2. The Morgan fingerprint density at radius 1 is 0.975 bits per heavy atom. The second-order valence-corrected chi connectivity index (χ2v) is 12.0. The zero-order valence-corrected chi connectivity index (χ0v) is 23.4. The van der Waals surface area contributed by atoms with E-state index in [2.05, 4.69) is 5.32 Å². The van der Waals surface area contributed by atoms with Crippen molar-refractivity contribution >= 4 is 44.8 Å². The highest BCUT2D eigenvalue weighted by Crippen LogP contribution is 2.35. The molecular formula is C29H30ClN3O6S. The van der Waals surface area contributed by atoms with Gasteiger partial charge in [-0.05, 0) is 92.4 Å². The summed E-state index contributed by atoms with van der Waals surface area (Å²) >= 11 is 5.90. The van der Waals surface area contributed by atoms with E-state index in [0.717, 1.165) is 25.0 Å². The highest BCUT2D eigenvalue weighted by atomic mass is 35.5. The summed E-state index contributed by atoms with van der Waals surface area (Å²) in [6.07, 6.45) is 3.16. The van der Waals surface area contributed by atoms with Gasteiger partial charge in [-0.25, -0.2) is 8.42 Å². The Morgan fingerprint density at radius 2 is 1.70 bits per heavy atom. The molecule has 3 aromatic rings. The van der Waals surface area contributed by atoms with Gasteiger partial charge in [-0.2, -0.15) is 4.31 Å². The van der Waals surface area contributed by atoms with Crippen LogP contribution in [-0.2, 0) is 14.8 Å². The summed E-state index contributed by atoms with van der Waals surface area (Å²) < 4.78 is 38.3. The van der Waals surface area contributed by atoms with E-state index in [1.165, 1.54) is 28.6 Å². The molecule has 0 saturated carbocycles. The van der Waals surface area contributed by atoms with E-state index in [0.29, 0.717) is 60.4 Å². The van der Waals surface area contributed by atoms with Crippen LogP contribution in [-0.4, -0.2) is 57.4 Å². The van der Waals surface area contributed by atoms with Gasteiger partial charge in [0.2, 0.25) is 10.0 Å². The topological polar surface area (TPSA) is 105 Å². The molecule has 0 aromatic heterocycles. The average molecular weight is 584 g/mol. The maximum absolute atomic E-state index is 12.9. The van der Waals surface area contributed by atoms with Crippen molar-refractivity contribution in [2.45, 2.75) is 30.6 Å². The van der Waals surface area contributed by atoms with Crippen LogP contribution in [0.3, 0.4) is 0 Å². The van der Waals surface area contributed by atoms with Crippen molar-refractivity contribution in [2.75, 3.05) is 43.1 Å². The zero-order chi connectivity index (χ0) is 28.1. The number of unbranched alkanes of at least 4 members (excludes halogenated alkanes) is 1. The Kier molecular flexibility index (Phi) is 8.58. The van der Waals surface area contributed by atoms with E-state index in [9.17, 15) is 18.0 Å². The Balaban J connectivity index is 1.20. The van der Waals surface area contributed by atoms with Crippen molar-refractivity contribution in [3.05, 3.63) is 77.3 Å². The fourth-order valence-corrected chi connectivity index (χ4v) is 6.32.